The highest BCUT2D eigenvalue weighted by molar-refractivity contribution is 7.90. The molecule has 0 spiro atoms. The molecule has 1 aromatic carbocycles. The molecule has 0 aliphatic heterocycles. The summed E-state index contributed by atoms with van der Waals surface area (Å²) in [4.78, 5) is 31.2. The van der Waals surface area contributed by atoms with Crippen molar-refractivity contribution in [3.05, 3.63) is 53.5 Å². The summed E-state index contributed by atoms with van der Waals surface area (Å²) in [5.74, 6) is -1.17. The van der Waals surface area contributed by atoms with Gasteiger partial charge in [0.25, 0.3) is 15.9 Å². The zero-order valence-corrected chi connectivity index (χ0v) is 17.5. The van der Waals surface area contributed by atoms with Gasteiger partial charge in [0.1, 0.15) is 5.69 Å². The van der Waals surface area contributed by atoms with Crippen LogP contribution in [0.5, 0.6) is 0 Å². The van der Waals surface area contributed by atoms with E-state index in [0.29, 0.717) is 18.5 Å². The average Bonchev–Trinajstić information content (AvgIpc) is 2.83. The van der Waals surface area contributed by atoms with Gasteiger partial charge in [0, 0.05) is 24.2 Å². The summed E-state index contributed by atoms with van der Waals surface area (Å²) in [6, 6.07) is -6.24. The van der Waals surface area contributed by atoms with Gasteiger partial charge in [0.15, 0.2) is 0 Å². The van der Waals surface area contributed by atoms with Gasteiger partial charge in [-0.05, 0) is 43.8 Å². The number of nitrogens with zero attached hydrogens (tertiary/aromatic N) is 2. The van der Waals surface area contributed by atoms with Crippen LogP contribution in [-0.2, 0) is 16.4 Å². The number of amides is 3. The van der Waals surface area contributed by atoms with Crippen molar-refractivity contribution >= 4 is 22.0 Å². The second-order valence-corrected chi connectivity index (χ2v) is 8.48. The number of hydrogen-bond acceptors (Lipinski definition) is 6. The Kier molecular flexibility index (Phi) is 4.71. The third-order valence-electron chi connectivity index (χ3n) is 4.42. The molecule has 0 atom stereocenters. The summed E-state index contributed by atoms with van der Waals surface area (Å²) in [6.45, 7) is -1.72. The Morgan fingerprint density at radius 3 is 2.48 bits per heavy atom. The van der Waals surface area contributed by atoms with Crippen molar-refractivity contribution in [3.8, 4) is 0 Å². The maximum absolute atomic E-state index is 12.9. The van der Waals surface area contributed by atoms with Gasteiger partial charge in [-0.15, -0.1) is 0 Å². The first kappa shape index (κ1) is 14.1. The molecule has 10 heteroatoms. The number of aryl methyl sites for hydroxylation is 1. The minimum atomic E-state index is -4.95. The number of hydrogen-bond donors (Lipinski definition) is 3. The standard InChI is InChI=1S/C21H27N5O4S/c1-15-13-24-19(14-23-15)20(27)22-12-11-16-7-9-18(10-8-16)31(29,30)26-21(28)25-17-5-3-2-4-6-17/h7-10,13-14,17H,2-6,11-12H2,1H3,(H,22,27)(H2,25,26,28)/i7D,8D,9D,10D,11D2,12D2. The van der Waals surface area contributed by atoms with E-state index in [1.807, 2.05) is 0 Å². The van der Waals surface area contributed by atoms with Crippen LogP contribution in [0, 0.1) is 6.92 Å². The van der Waals surface area contributed by atoms with Crippen LogP contribution in [0.25, 0.3) is 0 Å². The van der Waals surface area contributed by atoms with Gasteiger partial charge in [-0.25, -0.2) is 22.9 Å². The normalized spacial score (nSPS) is 19.3. The van der Waals surface area contributed by atoms with E-state index in [9.17, 15) is 18.0 Å². The summed E-state index contributed by atoms with van der Waals surface area (Å²) >= 11 is 0. The molecule has 2 aromatic rings. The number of sulfonamides is 1. The number of carbonyl (C=O) groups excluding carboxylic acids is 2. The summed E-state index contributed by atoms with van der Waals surface area (Å²) < 4.78 is 93.2. The highest BCUT2D eigenvalue weighted by Crippen LogP contribution is 2.17. The third-order valence-corrected chi connectivity index (χ3v) is 5.61. The van der Waals surface area contributed by atoms with E-state index < -0.39 is 69.5 Å². The molecular weight excluding hydrogens is 418 g/mol. The SMILES string of the molecule is [2H]c1c([2H])c(S(=O)(=O)NC(=O)NC2CCCCC2)c([2H])c([2H])c1C([2H])([2H])C([2H])([2H])NC(=O)c1cnc(C)cn1. The van der Waals surface area contributed by atoms with Gasteiger partial charge in [0.05, 0.1) is 22.3 Å². The van der Waals surface area contributed by atoms with Crippen LogP contribution in [0.4, 0.5) is 4.79 Å². The quantitative estimate of drug-likeness (QED) is 0.588. The molecule has 1 aliphatic carbocycles. The molecule has 1 aliphatic rings. The molecule has 1 aromatic heterocycles. The number of carbonyl (C=O) groups is 2. The van der Waals surface area contributed by atoms with E-state index in [2.05, 4.69) is 15.3 Å². The molecule has 1 saturated carbocycles. The van der Waals surface area contributed by atoms with Gasteiger partial charge in [-0.1, -0.05) is 31.3 Å². The second-order valence-electron chi connectivity index (χ2n) is 6.87. The van der Waals surface area contributed by atoms with Crippen LogP contribution in [0.15, 0.2) is 41.5 Å². The number of aromatic nitrogens is 2. The zero-order chi connectivity index (χ0) is 29.3. The van der Waals surface area contributed by atoms with Crippen LogP contribution in [0.2, 0.25) is 0 Å². The van der Waals surface area contributed by atoms with Crippen LogP contribution in [-0.4, -0.2) is 42.9 Å². The fourth-order valence-electron chi connectivity index (χ4n) is 2.86. The molecule has 3 rings (SSSR count). The van der Waals surface area contributed by atoms with E-state index in [0.717, 1.165) is 25.5 Å². The minimum Gasteiger partial charge on any atom is -0.350 e. The van der Waals surface area contributed by atoms with Crippen molar-refractivity contribution < 1.29 is 29.0 Å². The Balaban J connectivity index is 1.94. The molecule has 166 valence electrons. The van der Waals surface area contributed by atoms with Crippen LogP contribution >= 0.6 is 0 Å². The lowest BCUT2D eigenvalue weighted by Gasteiger charge is -2.22. The molecule has 1 heterocycles. The summed E-state index contributed by atoms with van der Waals surface area (Å²) in [5.41, 5.74) is -1.02. The van der Waals surface area contributed by atoms with Crippen LogP contribution in [0.1, 0.15) is 64.8 Å². The van der Waals surface area contributed by atoms with Crippen molar-refractivity contribution in [1.82, 2.24) is 25.3 Å². The summed E-state index contributed by atoms with van der Waals surface area (Å²) in [6.07, 6.45) is 2.85. The van der Waals surface area contributed by atoms with E-state index in [4.69, 9.17) is 11.0 Å². The topological polar surface area (TPSA) is 130 Å². The fourth-order valence-corrected chi connectivity index (χ4v) is 3.63. The van der Waals surface area contributed by atoms with Crippen molar-refractivity contribution in [2.24, 2.45) is 0 Å². The summed E-state index contributed by atoms with van der Waals surface area (Å²) in [7, 11) is -4.95. The number of rotatable bonds is 7. The fraction of sp³-hybridized carbons (Fsp3) is 0.429. The highest BCUT2D eigenvalue weighted by Gasteiger charge is 2.21. The minimum absolute atomic E-state index is 0.267. The van der Waals surface area contributed by atoms with E-state index in [-0.39, 0.29) is 11.7 Å². The van der Waals surface area contributed by atoms with E-state index >= 15 is 0 Å². The number of urea groups is 1. The number of benzene rings is 1. The van der Waals surface area contributed by atoms with Gasteiger partial charge in [0.2, 0.25) is 0 Å². The van der Waals surface area contributed by atoms with E-state index in [1.165, 1.54) is 6.20 Å². The van der Waals surface area contributed by atoms with Crippen molar-refractivity contribution in [2.75, 3.05) is 6.50 Å². The van der Waals surface area contributed by atoms with Gasteiger partial charge < -0.3 is 10.6 Å². The lowest BCUT2D eigenvalue weighted by molar-refractivity contribution is 0.0948. The monoisotopic (exact) mass is 453 g/mol. The van der Waals surface area contributed by atoms with E-state index in [1.54, 1.807) is 17.0 Å². The third kappa shape index (κ3) is 6.74. The first-order valence-electron chi connectivity index (χ1n) is 13.5. The first-order chi connectivity index (χ1) is 18.0. The average molecular weight is 454 g/mol. The molecule has 31 heavy (non-hydrogen) atoms. The molecule has 0 radical (unpaired) electrons. The van der Waals surface area contributed by atoms with Crippen LogP contribution in [0.3, 0.4) is 0 Å². The Bertz CT molecular complexity index is 1350. The summed E-state index contributed by atoms with van der Waals surface area (Å²) in [5, 5.41) is 4.28. The van der Waals surface area contributed by atoms with Crippen molar-refractivity contribution in [3.63, 3.8) is 0 Å². The largest absolute Gasteiger partial charge is 0.350 e. The predicted molar refractivity (Wildman–Crippen MR) is 115 cm³/mol. The Hall–Kier alpha value is -3.01. The molecule has 1 fully saturated rings. The Morgan fingerprint density at radius 1 is 1.13 bits per heavy atom. The zero-order valence-electron chi connectivity index (χ0n) is 24.7. The smallest absolute Gasteiger partial charge is 0.328 e. The van der Waals surface area contributed by atoms with Gasteiger partial charge in [-0.3, -0.25) is 9.78 Å². The van der Waals surface area contributed by atoms with Crippen molar-refractivity contribution in [2.45, 2.75) is 56.3 Å². The molecule has 0 saturated heterocycles. The first-order valence-corrected chi connectivity index (χ1v) is 11.0. The van der Waals surface area contributed by atoms with Gasteiger partial charge in [-0.2, -0.15) is 0 Å². The molecule has 0 bridgehead atoms. The number of nitrogens with one attached hydrogen (secondary N) is 3. The lowest BCUT2D eigenvalue weighted by Crippen LogP contribution is -2.45. The van der Waals surface area contributed by atoms with Gasteiger partial charge >= 0.3 is 6.03 Å². The molecule has 9 nitrogen and oxygen atoms in total. The van der Waals surface area contributed by atoms with Crippen LogP contribution < -0.4 is 15.4 Å². The highest BCUT2D eigenvalue weighted by atomic mass is 32.2. The maximum atomic E-state index is 12.9. The maximum Gasteiger partial charge on any atom is 0.328 e. The second kappa shape index (κ2) is 10.3. The molecular formula is C21H27N5O4S. The molecule has 0 unspecified atom stereocenters. The molecule has 3 amide bonds. The Labute approximate surface area is 193 Å². The lowest BCUT2D eigenvalue weighted by atomic mass is 9.96. The Morgan fingerprint density at radius 2 is 1.84 bits per heavy atom. The van der Waals surface area contributed by atoms with Crippen molar-refractivity contribution in [1.29, 1.82) is 0 Å². The molecule has 3 N–H and O–H groups in total. The predicted octanol–water partition coefficient (Wildman–Crippen LogP) is 2.08.